The fourth-order valence-electron chi connectivity index (χ4n) is 2.60. The van der Waals surface area contributed by atoms with E-state index in [1.807, 2.05) is 0 Å². The van der Waals surface area contributed by atoms with Crippen LogP contribution >= 0.6 is 0 Å². The molecule has 0 spiro atoms. The number of nitrogens with zero attached hydrogens (tertiary/aromatic N) is 3. The maximum Gasteiger partial charge on any atom is 0.143 e. The molecule has 29 heavy (non-hydrogen) atoms. The Kier molecular flexibility index (Phi) is 25.5. The zero-order valence-electron chi connectivity index (χ0n) is 15.8. The largest absolute Gasteiger partial charge is 0.299 e. The summed E-state index contributed by atoms with van der Waals surface area (Å²) in [5.74, 6) is -0.445. The Labute approximate surface area is 178 Å². The molecule has 0 amide bonds. The molecule has 0 aromatic heterocycles. The molecular weight excluding hydrogens is 374 g/mol. The van der Waals surface area contributed by atoms with Crippen molar-refractivity contribution in [2.45, 2.75) is 64.3 Å². The molecule has 0 aliphatic heterocycles. The van der Waals surface area contributed by atoms with Crippen molar-refractivity contribution in [3.63, 3.8) is 0 Å². The van der Waals surface area contributed by atoms with Gasteiger partial charge in [-0.3, -0.25) is 38.7 Å². The Morgan fingerprint density at radius 1 is 0.414 bits per heavy atom. The number of ketones is 5. The number of hydrogen-bond acceptors (Lipinski definition) is 8. The first-order chi connectivity index (χ1) is 11.5. The van der Waals surface area contributed by atoms with Gasteiger partial charge in [-0.25, -0.2) is 0 Å². The van der Waals surface area contributed by atoms with Crippen molar-refractivity contribution in [1.82, 2.24) is 14.7 Å². The van der Waals surface area contributed by atoms with E-state index in [2.05, 4.69) is 0 Å². The first kappa shape index (κ1) is 37.9. The van der Waals surface area contributed by atoms with E-state index in [9.17, 15) is 24.0 Å². The highest BCUT2D eigenvalue weighted by Gasteiger charge is 2.20. The highest BCUT2D eigenvalue weighted by atomic mass is 16.1. The van der Waals surface area contributed by atoms with Gasteiger partial charge in [-0.05, 0) is 34.6 Å². The van der Waals surface area contributed by atoms with E-state index in [0.717, 1.165) is 0 Å². The van der Waals surface area contributed by atoms with Crippen LogP contribution in [0.5, 0.6) is 0 Å². The van der Waals surface area contributed by atoms with Gasteiger partial charge in [0.05, 0.1) is 46.1 Å². The van der Waals surface area contributed by atoms with Crippen molar-refractivity contribution in [2.24, 2.45) is 0 Å². The highest BCUT2D eigenvalue weighted by Crippen LogP contribution is 2.01. The monoisotopic (exact) mass is 419 g/mol. The van der Waals surface area contributed by atoms with Crippen molar-refractivity contribution in [3.05, 3.63) is 0 Å². The molecule has 0 saturated carbocycles. The fraction of sp³-hybridized carbons (Fsp3) is 0.762. The first-order valence-corrected chi connectivity index (χ1v) is 8.13. The number of carbonyl (C=O) groups excluding carboxylic acids is 5. The van der Waals surface area contributed by atoms with Gasteiger partial charge in [0.25, 0.3) is 0 Å². The Morgan fingerprint density at radius 3 is 0.759 bits per heavy atom. The Balaban J connectivity index is -0.000000480. The van der Waals surface area contributed by atoms with Crippen LogP contribution in [-0.2, 0) is 24.0 Å². The fourth-order valence-corrected chi connectivity index (χ4v) is 2.60. The molecule has 0 rings (SSSR count). The lowest BCUT2D eigenvalue weighted by Gasteiger charge is -2.32. The van der Waals surface area contributed by atoms with Crippen molar-refractivity contribution in [1.29, 1.82) is 0 Å². The number of carbonyl (C=O) groups is 5. The normalized spacial score (nSPS) is 9.66. The molecule has 0 saturated heterocycles. The second-order valence-corrected chi connectivity index (χ2v) is 6.60. The summed E-state index contributed by atoms with van der Waals surface area (Å²) in [4.78, 5) is 62.2. The van der Waals surface area contributed by atoms with Crippen LogP contribution in [0.25, 0.3) is 0 Å². The zero-order valence-corrected chi connectivity index (χ0v) is 15.8. The van der Waals surface area contributed by atoms with Gasteiger partial charge in [-0.15, -0.1) is 0 Å². The van der Waals surface area contributed by atoms with Crippen LogP contribution in [0.15, 0.2) is 0 Å². The molecule has 0 aliphatic rings. The maximum atomic E-state index is 11.6. The molecular formula is C21H45N3O5. The highest BCUT2D eigenvalue weighted by molar-refractivity contribution is 5.81. The van der Waals surface area contributed by atoms with Crippen molar-refractivity contribution >= 4 is 28.9 Å². The molecule has 0 aromatic rings. The molecule has 0 aromatic carbocycles. The maximum absolute atomic E-state index is 11.6. The average Bonchev–Trinajstić information content (AvgIpc) is 2.33. The van der Waals surface area contributed by atoms with E-state index >= 15 is 0 Å². The number of Topliss-reactive ketones (excluding diaryl/α,β-unsaturated/α-hetero) is 5. The third-order valence-corrected chi connectivity index (χ3v) is 3.03. The number of rotatable bonds is 14. The van der Waals surface area contributed by atoms with Crippen LogP contribution in [0, 0.1) is 0 Å². The lowest BCUT2D eigenvalue weighted by Crippen LogP contribution is -2.49. The van der Waals surface area contributed by atoms with Crippen LogP contribution in [0.2, 0.25) is 0 Å². The van der Waals surface area contributed by atoms with Gasteiger partial charge in [-0.2, -0.15) is 0 Å². The first-order valence-electron chi connectivity index (χ1n) is 8.13. The molecule has 0 heterocycles. The number of hydrogen-bond donors (Lipinski definition) is 0. The van der Waals surface area contributed by atoms with Crippen LogP contribution in [0.3, 0.4) is 0 Å². The van der Waals surface area contributed by atoms with E-state index < -0.39 is 0 Å². The summed E-state index contributed by atoms with van der Waals surface area (Å²) in [7, 11) is 0. The van der Waals surface area contributed by atoms with Gasteiger partial charge in [0.2, 0.25) is 0 Å². The SMILES string of the molecule is C.C.C.C.CC(=O)CN(CC(C)=O)CN(CC(C)=O)CN(CC(C)=O)CC(C)=O. The van der Waals surface area contributed by atoms with E-state index in [1.54, 1.807) is 14.7 Å². The minimum absolute atomic E-state index is 0. The van der Waals surface area contributed by atoms with Crippen molar-refractivity contribution in [3.8, 4) is 0 Å². The Hall–Kier alpha value is -1.77. The van der Waals surface area contributed by atoms with E-state index in [1.165, 1.54) is 34.6 Å². The van der Waals surface area contributed by atoms with Crippen molar-refractivity contribution < 1.29 is 24.0 Å². The molecule has 0 fully saturated rings. The molecule has 8 nitrogen and oxygen atoms in total. The van der Waals surface area contributed by atoms with Gasteiger partial charge in [0.15, 0.2) is 0 Å². The van der Waals surface area contributed by atoms with Crippen molar-refractivity contribution in [2.75, 3.05) is 46.1 Å². The van der Waals surface area contributed by atoms with Crippen LogP contribution in [0.1, 0.15) is 64.3 Å². The molecule has 8 heteroatoms. The molecule has 0 bridgehead atoms. The summed E-state index contributed by atoms with van der Waals surface area (Å²) >= 11 is 0. The summed E-state index contributed by atoms with van der Waals surface area (Å²) < 4.78 is 0. The predicted octanol–water partition coefficient (Wildman–Crippen LogP) is 2.30. The smallest absolute Gasteiger partial charge is 0.143 e. The van der Waals surface area contributed by atoms with Gasteiger partial charge >= 0.3 is 0 Å². The molecule has 174 valence electrons. The van der Waals surface area contributed by atoms with Gasteiger partial charge in [0.1, 0.15) is 28.9 Å². The van der Waals surface area contributed by atoms with E-state index in [0.29, 0.717) is 0 Å². The standard InChI is InChI=1S/C17H29N3O5.4CH4/c1-13(21)6-18(7-14(2)22)11-20(10-17(5)25)12-19(8-15(3)23)9-16(4)24;;;;/h6-12H2,1-5H3;4*1H4. The quantitative estimate of drug-likeness (QED) is 0.396. The minimum Gasteiger partial charge on any atom is -0.299 e. The lowest BCUT2D eigenvalue weighted by atomic mass is 10.3. The van der Waals surface area contributed by atoms with Gasteiger partial charge in [0, 0.05) is 0 Å². The second-order valence-electron chi connectivity index (χ2n) is 6.60. The Morgan fingerprint density at radius 2 is 0.586 bits per heavy atom. The molecule has 0 aliphatic carbocycles. The van der Waals surface area contributed by atoms with Crippen LogP contribution in [-0.4, -0.2) is 89.7 Å². The lowest BCUT2D eigenvalue weighted by molar-refractivity contribution is -0.122. The summed E-state index contributed by atoms with van der Waals surface area (Å²) in [6.07, 6.45) is 0. The zero-order chi connectivity index (χ0) is 19.6. The Bertz CT molecular complexity index is 450. The van der Waals surface area contributed by atoms with E-state index in [-0.39, 0.29) is 105 Å². The molecule has 0 atom stereocenters. The average molecular weight is 420 g/mol. The topological polar surface area (TPSA) is 95.1 Å². The summed E-state index contributed by atoms with van der Waals surface area (Å²) in [5, 5.41) is 0. The third-order valence-electron chi connectivity index (χ3n) is 3.03. The van der Waals surface area contributed by atoms with Crippen LogP contribution in [0.4, 0.5) is 0 Å². The minimum atomic E-state index is -0.0895. The predicted molar refractivity (Wildman–Crippen MR) is 120 cm³/mol. The summed E-state index contributed by atoms with van der Waals surface area (Å²) in [6.45, 7) is 8.05. The summed E-state index contributed by atoms with van der Waals surface area (Å²) in [6, 6.07) is 0. The summed E-state index contributed by atoms with van der Waals surface area (Å²) in [5.41, 5.74) is 0. The molecule has 0 unspecified atom stereocenters. The van der Waals surface area contributed by atoms with Crippen LogP contribution < -0.4 is 0 Å². The third kappa shape index (κ3) is 22.4. The van der Waals surface area contributed by atoms with Gasteiger partial charge in [-0.1, -0.05) is 29.7 Å². The molecule has 0 N–H and O–H groups in total. The second kappa shape index (κ2) is 19.5. The van der Waals surface area contributed by atoms with Gasteiger partial charge < -0.3 is 0 Å². The molecule has 0 radical (unpaired) electrons. The van der Waals surface area contributed by atoms with E-state index in [4.69, 9.17) is 0 Å².